The van der Waals surface area contributed by atoms with Gasteiger partial charge in [-0.15, -0.1) is 0 Å². The molecule has 2 N–H and O–H groups in total. The fraction of sp³-hybridized carbons (Fsp3) is 0.294. The van der Waals surface area contributed by atoms with Gasteiger partial charge in [-0.1, -0.05) is 41.9 Å². The van der Waals surface area contributed by atoms with Crippen molar-refractivity contribution in [1.29, 1.82) is 0 Å². The summed E-state index contributed by atoms with van der Waals surface area (Å²) >= 11 is 6.43. The van der Waals surface area contributed by atoms with E-state index in [4.69, 9.17) is 17.3 Å². The van der Waals surface area contributed by atoms with Gasteiger partial charge in [-0.3, -0.25) is 4.90 Å². The summed E-state index contributed by atoms with van der Waals surface area (Å²) in [5, 5.41) is 0.687. The van der Waals surface area contributed by atoms with Crippen LogP contribution in [0.5, 0.6) is 0 Å². The second-order valence-corrected chi connectivity index (χ2v) is 5.92. The van der Waals surface area contributed by atoms with Gasteiger partial charge < -0.3 is 5.73 Å². The standard InChI is InChI=1S/C17H18ClFN2/c1-21-10-13(11-5-2-3-8-15(11)19)17-12(16(21)9-20)6-4-7-14(17)18/h2-8,13,16H,9-10,20H2,1H3. The second-order valence-electron chi connectivity index (χ2n) is 5.51. The zero-order chi connectivity index (χ0) is 15.0. The van der Waals surface area contributed by atoms with Crippen LogP contribution < -0.4 is 5.73 Å². The average Bonchev–Trinajstić information content (AvgIpc) is 2.47. The first-order valence-electron chi connectivity index (χ1n) is 7.06. The topological polar surface area (TPSA) is 29.3 Å². The van der Waals surface area contributed by atoms with E-state index in [-0.39, 0.29) is 17.8 Å². The Bertz CT molecular complexity index is 659. The monoisotopic (exact) mass is 304 g/mol. The maximum Gasteiger partial charge on any atom is 0.127 e. The van der Waals surface area contributed by atoms with Crippen LogP contribution in [0.3, 0.4) is 0 Å². The third-order valence-electron chi connectivity index (χ3n) is 4.30. The first-order valence-corrected chi connectivity index (χ1v) is 7.44. The third kappa shape index (κ3) is 2.46. The molecule has 0 saturated heterocycles. The SMILES string of the molecule is CN1CC(c2ccccc2F)c2c(Cl)cccc2C1CN. The number of hydrogen-bond donors (Lipinski definition) is 1. The van der Waals surface area contributed by atoms with Crippen molar-refractivity contribution < 1.29 is 4.39 Å². The molecule has 0 spiro atoms. The van der Waals surface area contributed by atoms with Crippen molar-refractivity contribution in [3.05, 3.63) is 70.0 Å². The molecule has 2 unspecified atom stereocenters. The number of fused-ring (bicyclic) bond motifs is 1. The summed E-state index contributed by atoms with van der Waals surface area (Å²) in [6, 6.07) is 12.9. The number of hydrogen-bond acceptors (Lipinski definition) is 2. The molecule has 4 heteroatoms. The molecule has 0 amide bonds. The van der Waals surface area contributed by atoms with E-state index in [1.807, 2.05) is 37.4 Å². The summed E-state index contributed by atoms with van der Waals surface area (Å²) in [6.45, 7) is 1.23. The fourth-order valence-electron chi connectivity index (χ4n) is 3.27. The number of halogens is 2. The molecule has 1 heterocycles. The molecule has 2 nitrogen and oxygen atoms in total. The number of rotatable bonds is 2. The van der Waals surface area contributed by atoms with E-state index in [2.05, 4.69) is 4.90 Å². The van der Waals surface area contributed by atoms with Crippen molar-refractivity contribution in [2.24, 2.45) is 5.73 Å². The van der Waals surface area contributed by atoms with Crippen molar-refractivity contribution in [1.82, 2.24) is 4.90 Å². The van der Waals surface area contributed by atoms with Gasteiger partial charge in [0.25, 0.3) is 0 Å². The van der Waals surface area contributed by atoms with Crippen LogP contribution in [0.4, 0.5) is 4.39 Å². The fourth-order valence-corrected chi connectivity index (χ4v) is 3.59. The van der Waals surface area contributed by atoms with E-state index < -0.39 is 0 Å². The minimum absolute atomic E-state index is 0.0669. The van der Waals surface area contributed by atoms with Crippen LogP contribution in [-0.2, 0) is 0 Å². The predicted molar refractivity (Wildman–Crippen MR) is 84.1 cm³/mol. The third-order valence-corrected chi connectivity index (χ3v) is 4.63. The van der Waals surface area contributed by atoms with Gasteiger partial charge in [-0.25, -0.2) is 4.39 Å². The van der Waals surface area contributed by atoms with Crippen LogP contribution in [-0.4, -0.2) is 25.0 Å². The summed E-state index contributed by atoms with van der Waals surface area (Å²) in [5.74, 6) is -0.254. The lowest BCUT2D eigenvalue weighted by atomic mass is 9.81. The van der Waals surface area contributed by atoms with Gasteiger partial charge in [-0.05, 0) is 35.9 Å². The number of likely N-dealkylation sites (N-methyl/N-ethyl adjacent to an activating group) is 1. The number of nitrogens with two attached hydrogens (primary N) is 1. The molecule has 0 aromatic heterocycles. The molecular weight excluding hydrogens is 287 g/mol. The Morgan fingerprint density at radius 2 is 1.90 bits per heavy atom. The summed E-state index contributed by atoms with van der Waals surface area (Å²) in [4.78, 5) is 2.18. The molecular formula is C17H18ClFN2. The molecule has 0 bridgehead atoms. The summed E-state index contributed by atoms with van der Waals surface area (Å²) in [5.41, 5.74) is 8.72. The summed E-state index contributed by atoms with van der Waals surface area (Å²) in [7, 11) is 2.02. The minimum Gasteiger partial charge on any atom is -0.329 e. The van der Waals surface area contributed by atoms with Gasteiger partial charge in [-0.2, -0.15) is 0 Å². The molecule has 110 valence electrons. The largest absolute Gasteiger partial charge is 0.329 e. The highest BCUT2D eigenvalue weighted by atomic mass is 35.5. The van der Waals surface area contributed by atoms with Crippen LogP contribution >= 0.6 is 11.6 Å². The van der Waals surface area contributed by atoms with E-state index >= 15 is 0 Å². The Balaban J connectivity index is 2.18. The lowest BCUT2D eigenvalue weighted by molar-refractivity contribution is 0.222. The maximum absolute atomic E-state index is 14.2. The van der Waals surface area contributed by atoms with Gasteiger partial charge in [0.1, 0.15) is 5.82 Å². The maximum atomic E-state index is 14.2. The number of benzene rings is 2. The molecule has 0 aliphatic carbocycles. The molecule has 3 rings (SSSR count). The average molecular weight is 305 g/mol. The molecule has 1 aliphatic rings. The van der Waals surface area contributed by atoms with Crippen LogP contribution in [0.25, 0.3) is 0 Å². The van der Waals surface area contributed by atoms with E-state index in [0.717, 1.165) is 11.1 Å². The second kappa shape index (κ2) is 5.76. The van der Waals surface area contributed by atoms with Gasteiger partial charge in [0.15, 0.2) is 0 Å². The van der Waals surface area contributed by atoms with Gasteiger partial charge in [0.2, 0.25) is 0 Å². The first kappa shape index (κ1) is 14.5. The van der Waals surface area contributed by atoms with Crippen molar-refractivity contribution >= 4 is 11.6 Å². The van der Waals surface area contributed by atoms with Crippen molar-refractivity contribution in [3.63, 3.8) is 0 Å². The Morgan fingerprint density at radius 3 is 2.62 bits per heavy atom. The molecule has 2 atom stereocenters. The zero-order valence-corrected chi connectivity index (χ0v) is 12.6. The molecule has 0 saturated carbocycles. The Kier molecular flexibility index (Phi) is 3.98. The summed E-state index contributed by atoms with van der Waals surface area (Å²) < 4.78 is 14.2. The van der Waals surface area contributed by atoms with E-state index in [1.54, 1.807) is 6.07 Å². The number of nitrogens with zero attached hydrogens (tertiary/aromatic N) is 1. The highest BCUT2D eigenvalue weighted by molar-refractivity contribution is 6.31. The molecule has 2 aromatic rings. The summed E-state index contributed by atoms with van der Waals surface area (Å²) in [6.07, 6.45) is 0. The van der Waals surface area contributed by atoms with Gasteiger partial charge >= 0.3 is 0 Å². The minimum atomic E-state index is -0.187. The molecule has 0 fully saturated rings. The van der Waals surface area contributed by atoms with Crippen LogP contribution in [0.2, 0.25) is 5.02 Å². The molecule has 21 heavy (non-hydrogen) atoms. The Morgan fingerprint density at radius 1 is 1.19 bits per heavy atom. The van der Waals surface area contributed by atoms with E-state index in [0.29, 0.717) is 23.7 Å². The van der Waals surface area contributed by atoms with Crippen LogP contribution in [0, 0.1) is 5.82 Å². The van der Waals surface area contributed by atoms with Crippen LogP contribution in [0.1, 0.15) is 28.7 Å². The normalized spacial score (nSPS) is 22.1. The molecule has 0 radical (unpaired) electrons. The highest BCUT2D eigenvalue weighted by Gasteiger charge is 2.33. The first-order chi connectivity index (χ1) is 10.1. The smallest absolute Gasteiger partial charge is 0.127 e. The lowest BCUT2D eigenvalue weighted by Gasteiger charge is -2.39. The lowest BCUT2D eigenvalue weighted by Crippen LogP contribution is -2.39. The van der Waals surface area contributed by atoms with Gasteiger partial charge in [0.05, 0.1) is 0 Å². The van der Waals surface area contributed by atoms with E-state index in [9.17, 15) is 4.39 Å². The van der Waals surface area contributed by atoms with Gasteiger partial charge in [0, 0.05) is 30.1 Å². The van der Waals surface area contributed by atoms with Crippen molar-refractivity contribution in [3.8, 4) is 0 Å². The predicted octanol–water partition coefficient (Wildman–Crippen LogP) is 3.56. The van der Waals surface area contributed by atoms with Crippen molar-refractivity contribution in [2.45, 2.75) is 12.0 Å². The molecule has 2 aromatic carbocycles. The molecule has 1 aliphatic heterocycles. The zero-order valence-electron chi connectivity index (χ0n) is 11.9. The quantitative estimate of drug-likeness (QED) is 0.919. The van der Waals surface area contributed by atoms with E-state index in [1.165, 1.54) is 6.07 Å². The Hall–Kier alpha value is -1.42. The van der Waals surface area contributed by atoms with Crippen molar-refractivity contribution in [2.75, 3.05) is 20.1 Å². The van der Waals surface area contributed by atoms with Crippen LogP contribution in [0.15, 0.2) is 42.5 Å². The highest BCUT2D eigenvalue weighted by Crippen LogP contribution is 2.42. The Labute approximate surface area is 129 Å².